The molecule has 0 fully saturated rings. The number of aryl methyl sites for hydroxylation is 1. The fourth-order valence-corrected chi connectivity index (χ4v) is 3.17. The molecule has 2 rings (SSSR count). The van der Waals surface area contributed by atoms with Crippen molar-refractivity contribution in [1.29, 1.82) is 0 Å². The average Bonchev–Trinajstić information content (AvgIpc) is 2.61. The van der Waals surface area contributed by atoms with Crippen LogP contribution in [0, 0.1) is 10.5 Å². The molecular weight excluding hydrogens is 449 g/mol. The van der Waals surface area contributed by atoms with Gasteiger partial charge < -0.3 is 5.32 Å². The molecule has 0 bridgehead atoms. The maximum atomic E-state index is 11.9. The molecule has 0 saturated carbocycles. The second-order valence-electron chi connectivity index (χ2n) is 6.82. The fourth-order valence-electron chi connectivity index (χ4n) is 2.52. The van der Waals surface area contributed by atoms with Crippen molar-refractivity contribution < 1.29 is 4.79 Å². The lowest BCUT2D eigenvalue weighted by Crippen LogP contribution is -2.26. The minimum Gasteiger partial charge on any atom is -0.376 e. The van der Waals surface area contributed by atoms with E-state index in [0.717, 1.165) is 22.4 Å². The van der Waals surface area contributed by atoms with Gasteiger partial charge in [0.05, 0.1) is 12.8 Å². The molecule has 0 aliphatic rings. The Labute approximate surface area is 175 Å². The molecule has 27 heavy (non-hydrogen) atoms. The van der Waals surface area contributed by atoms with Crippen molar-refractivity contribution in [2.24, 2.45) is 5.10 Å². The third-order valence-corrected chi connectivity index (χ3v) is 4.75. The van der Waals surface area contributed by atoms with Crippen molar-refractivity contribution in [2.75, 3.05) is 11.9 Å². The standard InChI is InChI=1S/C22H26IN3O/c1-15(2)19-7-5-18(6-8-19)11-16(3)13-25-26-22(27)14-24-21-10-9-20(23)12-17(21)4/h5-13,15,24H,14H2,1-4H3,(H,26,27). The predicted molar refractivity (Wildman–Crippen MR) is 123 cm³/mol. The van der Waals surface area contributed by atoms with Crippen LogP contribution in [0.25, 0.3) is 6.08 Å². The van der Waals surface area contributed by atoms with E-state index >= 15 is 0 Å². The summed E-state index contributed by atoms with van der Waals surface area (Å²) in [7, 11) is 0. The molecule has 2 N–H and O–H groups in total. The normalized spacial score (nSPS) is 11.9. The second kappa shape index (κ2) is 10.3. The lowest BCUT2D eigenvalue weighted by Gasteiger charge is -2.08. The van der Waals surface area contributed by atoms with Crippen LogP contribution in [0.15, 0.2) is 53.1 Å². The summed E-state index contributed by atoms with van der Waals surface area (Å²) in [6.07, 6.45) is 3.69. The number of hydrogen-bond donors (Lipinski definition) is 2. The van der Waals surface area contributed by atoms with Crippen LogP contribution in [0.2, 0.25) is 0 Å². The Morgan fingerprint density at radius 2 is 1.89 bits per heavy atom. The van der Waals surface area contributed by atoms with Gasteiger partial charge in [0.1, 0.15) is 0 Å². The van der Waals surface area contributed by atoms with Crippen LogP contribution in [0.1, 0.15) is 43.4 Å². The SMILES string of the molecule is CC(C=NNC(=O)CNc1ccc(I)cc1C)=Cc1ccc(C(C)C)cc1. The third kappa shape index (κ3) is 7.17. The van der Waals surface area contributed by atoms with E-state index in [0.29, 0.717) is 5.92 Å². The number of amides is 1. The fraction of sp³-hybridized carbons (Fsp3) is 0.273. The van der Waals surface area contributed by atoms with Crippen LogP contribution in [-0.4, -0.2) is 18.7 Å². The lowest BCUT2D eigenvalue weighted by atomic mass is 10.0. The van der Waals surface area contributed by atoms with E-state index in [-0.39, 0.29) is 12.5 Å². The van der Waals surface area contributed by atoms with E-state index in [9.17, 15) is 4.79 Å². The zero-order chi connectivity index (χ0) is 19.8. The summed E-state index contributed by atoms with van der Waals surface area (Å²) in [6, 6.07) is 14.5. The van der Waals surface area contributed by atoms with Crippen molar-refractivity contribution in [1.82, 2.24) is 5.43 Å². The molecule has 4 nitrogen and oxygen atoms in total. The van der Waals surface area contributed by atoms with Gasteiger partial charge in [-0.15, -0.1) is 0 Å². The molecule has 0 aliphatic heterocycles. The summed E-state index contributed by atoms with van der Waals surface area (Å²) in [5.41, 5.74) is 8.02. The summed E-state index contributed by atoms with van der Waals surface area (Å²) >= 11 is 2.27. The van der Waals surface area contributed by atoms with Crippen LogP contribution in [0.5, 0.6) is 0 Å². The summed E-state index contributed by atoms with van der Waals surface area (Å²) in [4.78, 5) is 11.9. The Kier molecular flexibility index (Phi) is 8.03. The number of hydrogen-bond acceptors (Lipinski definition) is 3. The van der Waals surface area contributed by atoms with Crippen LogP contribution in [0.4, 0.5) is 5.69 Å². The number of allylic oxidation sites excluding steroid dienone is 1. The van der Waals surface area contributed by atoms with E-state index in [2.05, 4.69) is 82.6 Å². The largest absolute Gasteiger partial charge is 0.376 e. The van der Waals surface area contributed by atoms with Crippen molar-refractivity contribution in [3.63, 3.8) is 0 Å². The van der Waals surface area contributed by atoms with Gasteiger partial charge in [0.25, 0.3) is 5.91 Å². The molecule has 5 heteroatoms. The minimum absolute atomic E-state index is 0.179. The van der Waals surface area contributed by atoms with Crippen LogP contribution < -0.4 is 10.7 Å². The molecule has 0 aliphatic carbocycles. The molecule has 0 atom stereocenters. The van der Waals surface area contributed by atoms with Gasteiger partial charge in [0.2, 0.25) is 0 Å². The highest BCUT2D eigenvalue weighted by molar-refractivity contribution is 14.1. The zero-order valence-electron chi connectivity index (χ0n) is 16.2. The second-order valence-corrected chi connectivity index (χ2v) is 8.06. The maximum Gasteiger partial charge on any atom is 0.259 e. The quantitative estimate of drug-likeness (QED) is 0.323. The van der Waals surface area contributed by atoms with E-state index in [1.54, 1.807) is 6.21 Å². The Bertz CT molecular complexity index is 839. The van der Waals surface area contributed by atoms with Gasteiger partial charge in [-0.2, -0.15) is 5.10 Å². The summed E-state index contributed by atoms with van der Waals surface area (Å²) in [5.74, 6) is 0.344. The predicted octanol–water partition coefficient (Wildman–Crippen LogP) is 5.34. The summed E-state index contributed by atoms with van der Waals surface area (Å²) in [6.45, 7) is 8.51. The van der Waals surface area contributed by atoms with Crippen LogP contribution >= 0.6 is 22.6 Å². The first-order chi connectivity index (χ1) is 12.8. The number of anilines is 1. The number of nitrogens with one attached hydrogen (secondary N) is 2. The highest BCUT2D eigenvalue weighted by Crippen LogP contribution is 2.17. The smallest absolute Gasteiger partial charge is 0.259 e. The van der Waals surface area contributed by atoms with Crippen molar-refractivity contribution >= 4 is 46.5 Å². The number of carbonyl (C=O) groups excluding carboxylic acids is 1. The highest BCUT2D eigenvalue weighted by Gasteiger charge is 2.02. The monoisotopic (exact) mass is 475 g/mol. The van der Waals surface area contributed by atoms with E-state index in [1.165, 1.54) is 9.13 Å². The number of rotatable bonds is 7. The lowest BCUT2D eigenvalue weighted by molar-refractivity contribution is -0.119. The van der Waals surface area contributed by atoms with E-state index < -0.39 is 0 Å². The third-order valence-electron chi connectivity index (χ3n) is 4.08. The number of nitrogens with zero attached hydrogens (tertiary/aromatic N) is 1. The topological polar surface area (TPSA) is 53.5 Å². The first-order valence-electron chi connectivity index (χ1n) is 8.95. The summed E-state index contributed by atoms with van der Waals surface area (Å²) in [5, 5.41) is 7.16. The molecule has 0 saturated heterocycles. The van der Waals surface area contributed by atoms with Gasteiger partial charge in [-0.05, 0) is 82.8 Å². The van der Waals surface area contributed by atoms with E-state index in [4.69, 9.17) is 0 Å². The first-order valence-corrected chi connectivity index (χ1v) is 10.0. The maximum absolute atomic E-state index is 11.9. The Balaban J connectivity index is 1.83. The van der Waals surface area contributed by atoms with Gasteiger partial charge in [-0.25, -0.2) is 5.43 Å². The highest BCUT2D eigenvalue weighted by atomic mass is 127. The van der Waals surface area contributed by atoms with Crippen LogP contribution in [0.3, 0.4) is 0 Å². The molecule has 0 radical (unpaired) electrons. The Hall–Kier alpha value is -2.15. The molecule has 0 heterocycles. The Morgan fingerprint density at radius 1 is 1.19 bits per heavy atom. The molecule has 2 aromatic carbocycles. The minimum atomic E-state index is -0.182. The first kappa shape index (κ1) is 21.2. The van der Waals surface area contributed by atoms with Gasteiger partial charge in [-0.3, -0.25) is 4.79 Å². The van der Waals surface area contributed by atoms with Gasteiger partial charge in [0, 0.05) is 9.26 Å². The molecule has 0 spiro atoms. The van der Waals surface area contributed by atoms with Crippen LogP contribution in [-0.2, 0) is 4.79 Å². The van der Waals surface area contributed by atoms with Gasteiger partial charge in [-0.1, -0.05) is 44.2 Å². The van der Waals surface area contributed by atoms with Gasteiger partial charge in [0.15, 0.2) is 0 Å². The Morgan fingerprint density at radius 3 is 2.52 bits per heavy atom. The molecule has 142 valence electrons. The zero-order valence-corrected chi connectivity index (χ0v) is 18.4. The molecule has 2 aromatic rings. The molecular formula is C22H26IN3O. The molecule has 0 unspecified atom stereocenters. The number of benzene rings is 2. The molecule has 1 amide bonds. The number of hydrazone groups is 1. The van der Waals surface area contributed by atoms with Crippen molar-refractivity contribution in [3.05, 3.63) is 68.3 Å². The van der Waals surface area contributed by atoms with Gasteiger partial charge >= 0.3 is 0 Å². The number of carbonyl (C=O) groups is 1. The molecule has 0 aromatic heterocycles. The van der Waals surface area contributed by atoms with E-state index in [1.807, 2.05) is 32.1 Å². The average molecular weight is 475 g/mol. The van der Waals surface area contributed by atoms with Crippen molar-refractivity contribution in [3.8, 4) is 0 Å². The summed E-state index contributed by atoms with van der Waals surface area (Å²) < 4.78 is 1.17. The number of halogens is 1. The van der Waals surface area contributed by atoms with Crippen molar-refractivity contribution in [2.45, 2.75) is 33.6 Å².